The van der Waals surface area contributed by atoms with Gasteiger partial charge in [0.1, 0.15) is 5.60 Å². The Kier molecular flexibility index (Phi) is 5.65. The third kappa shape index (κ3) is 4.84. The molecule has 0 fully saturated rings. The van der Waals surface area contributed by atoms with Crippen molar-refractivity contribution < 1.29 is 9.53 Å². The monoisotopic (exact) mass is 404 g/mol. The molecule has 0 bridgehead atoms. The Morgan fingerprint density at radius 1 is 1.32 bits per heavy atom. The third-order valence-corrected chi connectivity index (χ3v) is 4.70. The lowest BCUT2D eigenvalue weighted by atomic mass is 10.1. The Labute approximate surface area is 169 Å². The number of ether oxygens (including phenoxy) is 1. The van der Waals surface area contributed by atoms with Gasteiger partial charge in [0.15, 0.2) is 0 Å². The lowest BCUT2D eigenvalue weighted by Crippen LogP contribution is -2.42. The zero-order valence-corrected chi connectivity index (χ0v) is 17.3. The molecule has 1 atom stereocenters. The fourth-order valence-corrected chi connectivity index (χ4v) is 3.14. The van der Waals surface area contributed by atoms with E-state index in [2.05, 4.69) is 15.3 Å². The van der Waals surface area contributed by atoms with Crippen LogP contribution in [0.1, 0.15) is 50.6 Å². The molecule has 1 unspecified atom stereocenters. The van der Waals surface area contributed by atoms with E-state index < -0.39 is 11.7 Å². The van der Waals surface area contributed by atoms with Crippen LogP contribution in [0.15, 0.2) is 29.1 Å². The van der Waals surface area contributed by atoms with E-state index in [0.29, 0.717) is 35.2 Å². The van der Waals surface area contributed by atoms with Gasteiger partial charge in [0, 0.05) is 18.0 Å². The molecule has 1 aliphatic heterocycles. The van der Waals surface area contributed by atoms with Gasteiger partial charge < -0.3 is 15.0 Å². The summed E-state index contributed by atoms with van der Waals surface area (Å²) in [7, 11) is 0. The number of H-pyrrole nitrogens is 1. The fraction of sp³-hybridized carbons (Fsp3) is 0.450. The van der Waals surface area contributed by atoms with Crippen LogP contribution in [0.3, 0.4) is 0 Å². The van der Waals surface area contributed by atoms with Crippen LogP contribution in [0.4, 0.5) is 10.7 Å². The number of amides is 1. The summed E-state index contributed by atoms with van der Waals surface area (Å²) in [6, 6.07) is 7.44. The van der Waals surface area contributed by atoms with Gasteiger partial charge in [-0.25, -0.2) is 9.78 Å². The molecule has 1 aromatic heterocycles. The van der Waals surface area contributed by atoms with Gasteiger partial charge in [0.25, 0.3) is 5.56 Å². The first-order chi connectivity index (χ1) is 13.1. The zero-order chi connectivity index (χ0) is 20.5. The molecule has 1 aliphatic rings. The van der Waals surface area contributed by atoms with Crippen LogP contribution in [-0.4, -0.2) is 33.1 Å². The lowest BCUT2D eigenvalue weighted by Gasteiger charge is -2.30. The number of anilines is 1. The minimum absolute atomic E-state index is 0.0553. The first-order valence-electron chi connectivity index (χ1n) is 9.24. The van der Waals surface area contributed by atoms with E-state index in [-0.39, 0.29) is 18.1 Å². The van der Waals surface area contributed by atoms with Gasteiger partial charge in [-0.3, -0.25) is 9.78 Å². The number of halogens is 1. The molecule has 150 valence electrons. The second-order valence-electron chi connectivity index (χ2n) is 7.91. The number of aromatic nitrogens is 2. The molecule has 0 saturated carbocycles. The second-order valence-corrected chi connectivity index (χ2v) is 8.35. The van der Waals surface area contributed by atoms with Crippen LogP contribution in [0, 0.1) is 0 Å². The summed E-state index contributed by atoms with van der Waals surface area (Å²) < 4.78 is 5.40. The Morgan fingerprint density at radius 3 is 2.64 bits per heavy atom. The molecule has 3 rings (SSSR count). The van der Waals surface area contributed by atoms with E-state index in [1.807, 2.05) is 52.0 Å². The Hall–Kier alpha value is -2.54. The Bertz CT molecular complexity index is 919. The molecule has 0 spiro atoms. The molecule has 0 radical (unpaired) electrons. The van der Waals surface area contributed by atoms with Crippen molar-refractivity contribution in [2.24, 2.45) is 0 Å². The summed E-state index contributed by atoms with van der Waals surface area (Å²) in [5.41, 5.74) is 1.41. The van der Waals surface area contributed by atoms with Crippen LogP contribution >= 0.6 is 11.6 Å². The molecule has 1 amide bonds. The number of hydrogen-bond acceptors (Lipinski definition) is 5. The van der Waals surface area contributed by atoms with E-state index in [9.17, 15) is 9.59 Å². The molecule has 28 heavy (non-hydrogen) atoms. The van der Waals surface area contributed by atoms with Crippen LogP contribution in [0.2, 0.25) is 5.02 Å². The average molecular weight is 405 g/mol. The van der Waals surface area contributed by atoms with E-state index in [0.717, 1.165) is 5.56 Å². The maximum atomic E-state index is 12.6. The quantitative estimate of drug-likeness (QED) is 0.810. The van der Waals surface area contributed by atoms with Gasteiger partial charge in [-0.1, -0.05) is 23.7 Å². The minimum atomic E-state index is -0.576. The predicted octanol–water partition coefficient (Wildman–Crippen LogP) is 3.89. The molecular weight excluding hydrogens is 380 g/mol. The molecule has 0 aliphatic carbocycles. The Morgan fingerprint density at radius 2 is 2.00 bits per heavy atom. The summed E-state index contributed by atoms with van der Waals surface area (Å²) in [5.74, 6) is 0.414. The molecule has 0 saturated heterocycles. The second kappa shape index (κ2) is 7.83. The fourth-order valence-electron chi connectivity index (χ4n) is 3.02. The summed E-state index contributed by atoms with van der Waals surface area (Å²) in [6.45, 7) is 8.09. The van der Waals surface area contributed by atoms with Crippen LogP contribution in [0.25, 0.3) is 0 Å². The number of nitrogens with zero attached hydrogens (tertiary/aromatic N) is 2. The maximum Gasteiger partial charge on any atom is 0.410 e. The smallest absolute Gasteiger partial charge is 0.410 e. The molecule has 2 heterocycles. The topological polar surface area (TPSA) is 87.3 Å². The molecule has 2 aromatic rings. The molecule has 1 aromatic carbocycles. The molecular formula is C20H25ClN4O3. The van der Waals surface area contributed by atoms with Crippen molar-refractivity contribution in [1.82, 2.24) is 14.9 Å². The SMILES string of the molecule is CC(Nc1nc2c(c(=O)[nH]1)CN(C(=O)OC(C)(C)C)CC2)c1ccc(Cl)cc1. The summed E-state index contributed by atoms with van der Waals surface area (Å²) in [4.78, 5) is 33.7. The van der Waals surface area contributed by atoms with Crippen LogP contribution < -0.4 is 10.9 Å². The van der Waals surface area contributed by atoms with Crippen LogP contribution in [-0.2, 0) is 17.7 Å². The Balaban J connectivity index is 1.74. The maximum absolute atomic E-state index is 12.6. The average Bonchev–Trinajstić information content (AvgIpc) is 2.60. The normalized spacial score (nSPS) is 15.0. The minimum Gasteiger partial charge on any atom is -0.444 e. The zero-order valence-electron chi connectivity index (χ0n) is 16.5. The van der Waals surface area contributed by atoms with E-state index in [1.54, 1.807) is 0 Å². The number of aromatic amines is 1. The number of hydrogen-bond donors (Lipinski definition) is 2. The lowest BCUT2D eigenvalue weighted by molar-refractivity contribution is 0.0222. The van der Waals surface area contributed by atoms with Crippen molar-refractivity contribution >= 4 is 23.6 Å². The predicted molar refractivity (Wildman–Crippen MR) is 109 cm³/mol. The van der Waals surface area contributed by atoms with Gasteiger partial charge in [-0.2, -0.15) is 0 Å². The van der Waals surface area contributed by atoms with E-state index in [1.165, 1.54) is 4.90 Å². The van der Waals surface area contributed by atoms with Crippen LogP contribution in [0.5, 0.6) is 0 Å². The van der Waals surface area contributed by atoms with E-state index >= 15 is 0 Å². The number of nitrogens with one attached hydrogen (secondary N) is 2. The van der Waals surface area contributed by atoms with Gasteiger partial charge in [0.05, 0.1) is 23.8 Å². The summed E-state index contributed by atoms with van der Waals surface area (Å²) in [6.07, 6.45) is 0.0822. The molecule has 2 N–H and O–H groups in total. The van der Waals surface area contributed by atoms with Crippen molar-refractivity contribution in [1.29, 1.82) is 0 Å². The highest BCUT2D eigenvalue weighted by atomic mass is 35.5. The van der Waals surface area contributed by atoms with Crippen molar-refractivity contribution in [2.75, 3.05) is 11.9 Å². The molecule has 8 heteroatoms. The first-order valence-corrected chi connectivity index (χ1v) is 9.62. The number of benzene rings is 1. The van der Waals surface area contributed by atoms with Gasteiger partial charge in [-0.05, 0) is 45.4 Å². The van der Waals surface area contributed by atoms with Crippen molar-refractivity contribution in [3.8, 4) is 0 Å². The largest absolute Gasteiger partial charge is 0.444 e. The number of carbonyl (C=O) groups is 1. The number of fused-ring (bicyclic) bond motifs is 1. The highest BCUT2D eigenvalue weighted by Gasteiger charge is 2.28. The molecule has 7 nitrogen and oxygen atoms in total. The highest BCUT2D eigenvalue weighted by Crippen LogP contribution is 2.21. The summed E-state index contributed by atoms with van der Waals surface area (Å²) in [5, 5.41) is 3.89. The van der Waals surface area contributed by atoms with Gasteiger partial charge in [-0.15, -0.1) is 0 Å². The summed E-state index contributed by atoms with van der Waals surface area (Å²) >= 11 is 5.93. The highest BCUT2D eigenvalue weighted by molar-refractivity contribution is 6.30. The van der Waals surface area contributed by atoms with Crippen molar-refractivity contribution in [2.45, 2.75) is 52.3 Å². The van der Waals surface area contributed by atoms with Gasteiger partial charge in [0.2, 0.25) is 5.95 Å². The van der Waals surface area contributed by atoms with Crippen molar-refractivity contribution in [3.05, 3.63) is 56.5 Å². The standard InChI is InChI=1S/C20H25ClN4O3/c1-12(13-5-7-14(21)8-6-13)22-18-23-16-9-10-25(11-15(16)17(26)24-18)19(27)28-20(2,3)4/h5-8,12H,9-11H2,1-4H3,(H2,22,23,24,26). The van der Waals surface area contributed by atoms with Crippen molar-refractivity contribution in [3.63, 3.8) is 0 Å². The van der Waals surface area contributed by atoms with E-state index in [4.69, 9.17) is 16.3 Å². The third-order valence-electron chi connectivity index (χ3n) is 4.44. The van der Waals surface area contributed by atoms with Gasteiger partial charge >= 0.3 is 6.09 Å². The number of carbonyl (C=O) groups excluding carboxylic acids is 1. The number of rotatable bonds is 3. The first kappa shape index (κ1) is 20.2.